The first-order chi connectivity index (χ1) is 11.6. The van der Waals surface area contributed by atoms with Crippen LogP contribution in [0.5, 0.6) is 0 Å². The first-order valence-electron chi connectivity index (χ1n) is 8.28. The molecular weight excluding hydrogens is 325 g/mol. The highest BCUT2D eigenvalue weighted by Gasteiger charge is 2.41. The van der Waals surface area contributed by atoms with Gasteiger partial charge >= 0.3 is 0 Å². The molecule has 0 unspecified atom stereocenters. The SMILES string of the molecule is CN1CC[C@@H]2CN(Cc3nc(-c4ccc(F)cc4)cs3)C[C@@H]2C1=O. The molecule has 1 aromatic heterocycles. The number of fused-ring (bicyclic) bond motifs is 1. The second kappa shape index (κ2) is 6.26. The molecule has 24 heavy (non-hydrogen) atoms. The minimum Gasteiger partial charge on any atom is -0.345 e. The molecule has 0 aliphatic carbocycles. The summed E-state index contributed by atoms with van der Waals surface area (Å²) in [6.07, 6.45) is 1.10. The quantitative estimate of drug-likeness (QED) is 0.858. The number of likely N-dealkylation sites (tertiary alicyclic amines) is 2. The standard InChI is InChI=1S/C18H20FN3OS/c1-21-7-6-13-8-22(9-15(13)18(21)23)10-17-20-16(11-24-17)12-2-4-14(19)5-3-12/h2-5,11,13,15H,6-10H2,1H3/t13-,15+/m1/s1. The van der Waals surface area contributed by atoms with E-state index in [1.807, 2.05) is 17.3 Å². The molecule has 6 heteroatoms. The van der Waals surface area contributed by atoms with Gasteiger partial charge in [-0.25, -0.2) is 9.37 Å². The molecule has 2 aliphatic heterocycles. The van der Waals surface area contributed by atoms with Gasteiger partial charge in [0.25, 0.3) is 0 Å². The molecule has 126 valence electrons. The third-order valence-electron chi connectivity index (χ3n) is 5.10. The second-order valence-electron chi connectivity index (χ2n) is 6.74. The van der Waals surface area contributed by atoms with Crippen LogP contribution in [0.2, 0.25) is 0 Å². The number of rotatable bonds is 3. The minimum atomic E-state index is -0.233. The van der Waals surface area contributed by atoms with Crippen LogP contribution < -0.4 is 0 Å². The monoisotopic (exact) mass is 345 g/mol. The smallest absolute Gasteiger partial charge is 0.227 e. The van der Waals surface area contributed by atoms with E-state index in [1.54, 1.807) is 23.5 Å². The van der Waals surface area contributed by atoms with Crippen LogP contribution in [0.3, 0.4) is 0 Å². The molecule has 0 bridgehead atoms. The van der Waals surface area contributed by atoms with Crippen molar-refractivity contribution in [3.05, 3.63) is 40.5 Å². The Kier molecular flexibility index (Phi) is 4.10. The molecule has 0 spiro atoms. The fraction of sp³-hybridized carbons (Fsp3) is 0.444. The Labute approximate surface area is 144 Å². The minimum absolute atomic E-state index is 0.153. The van der Waals surface area contributed by atoms with E-state index in [-0.39, 0.29) is 11.7 Å². The van der Waals surface area contributed by atoms with Crippen LogP contribution in [0.1, 0.15) is 11.4 Å². The summed E-state index contributed by atoms with van der Waals surface area (Å²) in [6, 6.07) is 6.43. The molecule has 1 aromatic carbocycles. The van der Waals surface area contributed by atoms with Crippen LogP contribution in [0.25, 0.3) is 11.3 Å². The van der Waals surface area contributed by atoms with Crippen LogP contribution in [-0.4, -0.2) is 47.4 Å². The lowest BCUT2D eigenvalue weighted by molar-refractivity contribution is -0.137. The van der Waals surface area contributed by atoms with Gasteiger partial charge in [-0.05, 0) is 36.6 Å². The second-order valence-corrected chi connectivity index (χ2v) is 7.69. The molecule has 2 saturated heterocycles. The van der Waals surface area contributed by atoms with Crippen molar-refractivity contribution in [3.8, 4) is 11.3 Å². The van der Waals surface area contributed by atoms with E-state index in [0.29, 0.717) is 11.8 Å². The highest BCUT2D eigenvalue weighted by Crippen LogP contribution is 2.33. The Bertz CT molecular complexity index is 745. The summed E-state index contributed by atoms with van der Waals surface area (Å²) in [4.78, 5) is 21.2. The van der Waals surface area contributed by atoms with E-state index in [2.05, 4.69) is 9.88 Å². The highest BCUT2D eigenvalue weighted by atomic mass is 32.1. The zero-order valence-electron chi connectivity index (χ0n) is 13.6. The molecule has 1 amide bonds. The number of hydrogen-bond acceptors (Lipinski definition) is 4. The number of carbonyl (C=O) groups excluding carboxylic acids is 1. The zero-order valence-corrected chi connectivity index (χ0v) is 14.4. The summed E-state index contributed by atoms with van der Waals surface area (Å²) in [5, 5.41) is 3.07. The first-order valence-corrected chi connectivity index (χ1v) is 9.16. The van der Waals surface area contributed by atoms with Crippen LogP contribution in [0.15, 0.2) is 29.6 Å². The number of nitrogens with zero attached hydrogens (tertiary/aromatic N) is 3. The third-order valence-corrected chi connectivity index (χ3v) is 5.93. The van der Waals surface area contributed by atoms with Crippen LogP contribution in [0.4, 0.5) is 4.39 Å². The molecule has 4 rings (SSSR count). The molecule has 2 aromatic rings. The zero-order chi connectivity index (χ0) is 16.7. The number of thiazole rings is 1. The van der Waals surface area contributed by atoms with E-state index in [4.69, 9.17) is 0 Å². The molecule has 0 N–H and O–H groups in total. The Morgan fingerprint density at radius 2 is 2.08 bits per heavy atom. The van der Waals surface area contributed by atoms with Gasteiger partial charge in [-0.1, -0.05) is 0 Å². The van der Waals surface area contributed by atoms with Crippen molar-refractivity contribution in [1.82, 2.24) is 14.8 Å². The van der Waals surface area contributed by atoms with Crippen molar-refractivity contribution in [3.63, 3.8) is 0 Å². The molecule has 3 heterocycles. The topological polar surface area (TPSA) is 36.4 Å². The largest absolute Gasteiger partial charge is 0.345 e. The van der Waals surface area contributed by atoms with Crippen LogP contribution in [-0.2, 0) is 11.3 Å². The summed E-state index contributed by atoms with van der Waals surface area (Å²) < 4.78 is 13.0. The third kappa shape index (κ3) is 2.96. The first kappa shape index (κ1) is 15.7. The number of piperidine rings is 1. The summed E-state index contributed by atoms with van der Waals surface area (Å²) in [5.41, 5.74) is 1.83. The van der Waals surface area contributed by atoms with Gasteiger partial charge in [-0.2, -0.15) is 0 Å². The molecule has 4 nitrogen and oxygen atoms in total. The van der Waals surface area contributed by atoms with Gasteiger partial charge in [0.1, 0.15) is 10.8 Å². The fourth-order valence-electron chi connectivity index (χ4n) is 3.74. The Morgan fingerprint density at radius 3 is 2.88 bits per heavy atom. The van der Waals surface area contributed by atoms with E-state index in [1.165, 1.54) is 12.1 Å². The van der Waals surface area contributed by atoms with Crippen molar-refractivity contribution in [2.75, 3.05) is 26.7 Å². The van der Waals surface area contributed by atoms with Gasteiger partial charge in [-0.3, -0.25) is 9.69 Å². The van der Waals surface area contributed by atoms with Crippen molar-refractivity contribution < 1.29 is 9.18 Å². The fourth-order valence-corrected chi connectivity index (χ4v) is 4.59. The van der Waals surface area contributed by atoms with Crippen molar-refractivity contribution in [2.24, 2.45) is 11.8 Å². The maximum atomic E-state index is 13.0. The summed E-state index contributed by atoms with van der Waals surface area (Å²) in [5.74, 6) is 0.703. The maximum absolute atomic E-state index is 13.0. The molecule has 0 radical (unpaired) electrons. The van der Waals surface area contributed by atoms with E-state index < -0.39 is 0 Å². The van der Waals surface area contributed by atoms with Gasteiger partial charge in [0, 0.05) is 37.6 Å². The summed E-state index contributed by atoms with van der Waals surface area (Å²) >= 11 is 1.63. The molecule has 2 fully saturated rings. The van der Waals surface area contributed by atoms with Gasteiger partial charge in [0.2, 0.25) is 5.91 Å². The van der Waals surface area contributed by atoms with E-state index in [9.17, 15) is 9.18 Å². The lowest BCUT2D eigenvalue weighted by Crippen LogP contribution is -2.42. The van der Waals surface area contributed by atoms with Crippen LogP contribution in [0, 0.1) is 17.7 Å². The average molecular weight is 345 g/mol. The normalized spacial score (nSPS) is 24.4. The van der Waals surface area contributed by atoms with Crippen molar-refractivity contribution in [2.45, 2.75) is 13.0 Å². The predicted octanol–water partition coefficient (Wildman–Crippen LogP) is 2.86. The predicted molar refractivity (Wildman–Crippen MR) is 92.0 cm³/mol. The Balaban J connectivity index is 1.43. The Morgan fingerprint density at radius 1 is 1.29 bits per heavy atom. The molecular formula is C18H20FN3OS. The highest BCUT2D eigenvalue weighted by molar-refractivity contribution is 7.09. The summed E-state index contributed by atoms with van der Waals surface area (Å²) in [7, 11) is 1.90. The number of benzene rings is 1. The Hall–Kier alpha value is -1.79. The molecule has 2 atom stereocenters. The number of halogens is 1. The lowest BCUT2D eigenvalue weighted by Gasteiger charge is -2.30. The van der Waals surface area contributed by atoms with Gasteiger partial charge in [-0.15, -0.1) is 11.3 Å². The van der Waals surface area contributed by atoms with Crippen molar-refractivity contribution in [1.29, 1.82) is 0 Å². The van der Waals surface area contributed by atoms with Crippen LogP contribution >= 0.6 is 11.3 Å². The average Bonchev–Trinajstić information content (AvgIpc) is 3.19. The number of carbonyl (C=O) groups is 1. The number of hydrogen-bond donors (Lipinski definition) is 0. The maximum Gasteiger partial charge on any atom is 0.227 e. The van der Waals surface area contributed by atoms with E-state index in [0.717, 1.165) is 48.9 Å². The molecule has 2 aliphatic rings. The van der Waals surface area contributed by atoms with Crippen molar-refractivity contribution >= 4 is 17.2 Å². The van der Waals surface area contributed by atoms with Gasteiger partial charge in [0.05, 0.1) is 18.2 Å². The van der Waals surface area contributed by atoms with Gasteiger partial charge in [0.15, 0.2) is 0 Å². The number of aromatic nitrogens is 1. The summed E-state index contributed by atoms with van der Waals surface area (Å²) in [6.45, 7) is 3.48. The number of amides is 1. The van der Waals surface area contributed by atoms with Gasteiger partial charge < -0.3 is 4.90 Å². The molecule has 0 saturated carbocycles. The lowest BCUT2D eigenvalue weighted by atomic mass is 9.88. The van der Waals surface area contributed by atoms with E-state index >= 15 is 0 Å².